The van der Waals surface area contributed by atoms with E-state index in [1.165, 1.54) is 18.4 Å². The van der Waals surface area contributed by atoms with E-state index in [0.29, 0.717) is 17.2 Å². The van der Waals surface area contributed by atoms with Gasteiger partial charge in [-0.25, -0.2) is 5.43 Å². The van der Waals surface area contributed by atoms with Crippen LogP contribution < -0.4 is 19.8 Å². The number of nitrogens with one attached hydrogen (secondary N) is 1. The number of rotatable bonds is 7. The Hall–Kier alpha value is -4.13. The Bertz CT molecular complexity index is 1430. The smallest absolute Gasteiger partial charge is 0.271 e. The van der Waals surface area contributed by atoms with Crippen molar-refractivity contribution in [2.45, 2.75) is 44.6 Å². The van der Waals surface area contributed by atoms with Crippen LogP contribution in [0.4, 0.5) is 5.69 Å². The van der Waals surface area contributed by atoms with E-state index in [1.54, 1.807) is 26.4 Å². The van der Waals surface area contributed by atoms with E-state index in [9.17, 15) is 4.79 Å². The van der Waals surface area contributed by atoms with Crippen molar-refractivity contribution in [2.24, 2.45) is 10.1 Å². The molecule has 1 N–H and O–H groups in total. The van der Waals surface area contributed by atoms with Gasteiger partial charge in [0, 0.05) is 42.4 Å². The number of amides is 1. The first-order valence-electron chi connectivity index (χ1n) is 13.5. The lowest BCUT2D eigenvalue weighted by atomic mass is 9.75. The second-order valence-electron chi connectivity index (χ2n) is 10.4. The molecule has 7 nitrogen and oxygen atoms in total. The monoisotopic (exact) mass is 524 g/mol. The topological polar surface area (TPSA) is 75.5 Å². The Labute approximate surface area is 230 Å². The van der Waals surface area contributed by atoms with Gasteiger partial charge in [-0.1, -0.05) is 31.0 Å². The summed E-state index contributed by atoms with van der Waals surface area (Å²) in [5, 5.41) is 4.40. The van der Waals surface area contributed by atoms with Crippen molar-refractivity contribution in [1.82, 2.24) is 5.43 Å². The molecule has 1 aliphatic carbocycles. The molecule has 0 spiro atoms. The standard InChI is InChI=1S/C32H36N4O3/c1-20(34-35-32(37)21-13-15-24(16-14-21)36(2)3)22-9-8-10-23(17-22)31-27-19-30(39-5)29(38-4)18-26(27)25-11-6-7-12-28(25)33-31/h8-10,13-19,25,28H,6-7,11-12H2,1-5H3,(H,35,37)/t25-,28-/m1/s1. The SMILES string of the molecule is COc1cc2c(cc1OC)[C@H]1CCCC[C@H]1N=C2c1cccc(C(C)=NNC(=O)c2ccc(N(C)C)cc2)c1. The maximum absolute atomic E-state index is 12.7. The van der Waals surface area contributed by atoms with E-state index in [4.69, 9.17) is 14.5 Å². The van der Waals surface area contributed by atoms with E-state index in [2.05, 4.69) is 34.8 Å². The molecule has 0 unspecified atom stereocenters. The molecule has 1 heterocycles. The van der Waals surface area contributed by atoms with Crippen LogP contribution in [0.2, 0.25) is 0 Å². The molecule has 1 aliphatic heterocycles. The van der Waals surface area contributed by atoms with Crippen LogP contribution in [0.15, 0.2) is 70.8 Å². The molecule has 2 aliphatic rings. The lowest BCUT2D eigenvalue weighted by Crippen LogP contribution is -2.29. The molecule has 1 amide bonds. The Morgan fingerprint density at radius 1 is 0.949 bits per heavy atom. The number of aliphatic imine (C=N–C) groups is 1. The van der Waals surface area contributed by atoms with Gasteiger partial charge in [0.15, 0.2) is 11.5 Å². The van der Waals surface area contributed by atoms with Gasteiger partial charge < -0.3 is 14.4 Å². The molecule has 5 rings (SSSR count). The quantitative estimate of drug-likeness (QED) is 0.313. The van der Waals surface area contributed by atoms with E-state index in [-0.39, 0.29) is 11.9 Å². The zero-order valence-corrected chi connectivity index (χ0v) is 23.3. The summed E-state index contributed by atoms with van der Waals surface area (Å²) >= 11 is 0. The third-order valence-corrected chi connectivity index (χ3v) is 7.76. The molecule has 0 bridgehead atoms. The summed E-state index contributed by atoms with van der Waals surface area (Å²) in [5.41, 5.74) is 10.3. The van der Waals surface area contributed by atoms with Crippen molar-refractivity contribution in [3.05, 3.63) is 88.5 Å². The van der Waals surface area contributed by atoms with Crippen LogP contribution in [-0.2, 0) is 0 Å². The van der Waals surface area contributed by atoms with Gasteiger partial charge in [0.1, 0.15) is 0 Å². The summed E-state index contributed by atoms with van der Waals surface area (Å²) < 4.78 is 11.3. The molecular formula is C32H36N4O3. The average Bonchev–Trinajstić information content (AvgIpc) is 2.98. The van der Waals surface area contributed by atoms with Crippen LogP contribution in [0.3, 0.4) is 0 Å². The number of methoxy groups -OCH3 is 2. The summed E-state index contributed by atoms with van der Waals surface area (Å²) in [6.07, 6.45) is 4.64. The van der Waals surface area contributed by atoms with Crippen LogP contribution in [-0.4, -0.2) is 51.7 Å². The van der Waals surface area contributed by atoms with Crippen LogP contribution >= 0.6 is 0 Å². The fourth-order valence-electron chi connectivity index (χ4n) is 5.57. The maximum Gasteiger partial charge on any atom is 0.271 e. The first-order chi connectivity index (χ1) is 18.9. The molecule has 7 heteroatoms. The highest BCUT2D eigenvalue weighted by atomic mass is 16.5. The van der Waals surface area contributed by atoms with Crippen LogP contribution in [0.25, 0.3) is 0 Å². The van der Waals surface area contributed by atoms with Gasteiger partial charge >= 0.3 is 0 Å². The van der Waals surface area contributed by atoms with Crippen molar-refractivity contribution >= 4 is 23.0 Å². The van der Waals surface area contributed by atoms with Crippen molar-refractivity contribution < 1.29 is 14.3 Å². The summed E-state index contributed by atoms with van der Waals surface area (Å²) in [6.45, 7) is 1.90. The van der Waals surface area contributed by atoms with Gasteiger partial charge in [0.2, 0.25) is 0 Å². The highest BCUT2D eigenvalue weighted by Gasteiger charge is 2.34. The lowest BCUT2D eigenvalue weighted by molar-refractivity contribution is 0.0955. The Balaban J connectivity index is 1.44. The number of ether oxygens (including phenoxy) is 2. The Kier molecular flexibility index (Phi) is 7.68. The van der Waals surface area contributed by atoms with E-state index in [0.717, 1.165) is 52.4 Å². The summed E-state index contributed by atoms with van der Waals surface area (Å²) in [6, 6.07) is 20.1. The van der Waals surface area contributed by atoms with Crippen molar-refractivity contribution in [2.75, 3.05) is 33.2 Å². The minimum absolute atomic E-state index is 0.245. The number of hydrazone groups is 1. The largest absolute Gasteiger partial charge is 0.493 e. The predicted molar refractivity (Wildman–Crippen MR) is 157 cm³/mol. The summed E-state index contributed by atoms with van der Waals surface area (Å²) in [7, 11) is 7.28. The number of carbonyl (C=O) groups is 1. The molecule has 0 aromatic heterocycles. The van der Waals surface area contributed by atoms with Crippen LogP contribution in [0, 0.1) is 0 Å². The number of hydrogen-bond acceptors (Lipinski definition) is 6. The van der Waals surface area contributed by atoms with Gasteiger partial charge in [-0.05, 0) is 73.4 Å². The normalized spacial score (nSPS) is 18.4. The maximum atomic E-state index is 12.7. The number of benzene rings is 3. The molecule has 3 aromatic rings. The van der Waals surface area contributed by atoms with E-state index >= 15 is 0 Å². The lowest BCUT2D eigenvalue weighted by Gasteiger charge is -2.35. The minimum Gasteiger partial charge on any atom is -0.493 e. The number of anilines is 1. The number of hydrogen-bond donors (Lipinski definition) is 1. The predicted octanol–water partition coefficient (Wildman–Crippen LogP) is 5.80. The minimum atomic E-state index is -0.245. The van der Waals surface area contributed by atoms with Gasteiger partial charge in [-0.3, -0.25) is 9.79 Å². The second-order valence-corrected chi connectivity index (χ2v) is 10.4. The van der Waals surface area contributed by atoms with Crippen molar-refractivity contribution in [3.8, 4) is 11.5 Å². The van der Waals surface area contributed by atoms with Crippen molar-refractivity contribution in [1.29, 1.82) is 0 Å². The molecule has 39 heavy (non-hydrogen) atoms. The first kappa shape index (κ1) is 26.5. The second kappa shape index (κ2) is 11.3. The van der Waals surface area contributed by atoms with Crippen LogP contribution in [0.1, 0.15) is 71.1 Å². The zero-order valence-electron chi connectivity index (χ0n) is 23.3. The van der Waals surface area contributed by atoms with E-state index < -0.39 is 0 Å². The average molecular weight is 525 g/mol. The Morgan fingerprint density at radius 3 is 2.38 bits per heavy atom. The molecule has 0 saturated heterocycles. The van der Waals surface area contributed by atoms with Gasteiger partial charge in [-0.2, -0.15) is 5.10 Å². The highest BCUT2D eigenvalue weighted by molar-refractivity contribution is 6.16. The third kappa shape index (κ3) is 5.39. The molecular weight excluding hydrogens is 488 g/mol. The van der Waals surface area contributed by atoms with Crippen molar-refractivity contribution in [3.63, 3.8) is 0 Å². The number of fused-ring (bicyclic) bond motifs is 3. The third-order valence-electron chi connectivity index (χ3n) is 7.76. The van der Waals surface area contributed by atoms with E-state index in [1.807, 2.05) is 50.2 Å². The fraction of sp³-hybridized carbons (Fsp3) is 0.344. The highest BCUT2D eigenvalue weighted by Crippen LogP contribution is 2.44. The molecule has 2 atom stereocenters. The molecule has 1 fully saturated rings. The van der Waals surface area contributed by atoms with Crippen LogP contribution in [0.5, 0.6) is 11.5 Å². The molecule has 0 radical (unpaired) electrons. The number of nitrogens with zero attached hydrogens (tertiary/aromatic N) is 3. The number of carbonyl (C=O) groups excluding carboxylic acids is 1. The fourth-order valence-corrected chi connectivity index (χ4v) is 5.57. The van der Waals surface area contributed by atoms with Gasteiger partial charge in [0.05, 0.1) is 31.7 Å². The summed E-state index contributed by atoms with van der Waals surface area (Å²) in [5.74, 6) is 1.61. The molecule has 3 aromatic carbocycles. The zero-order chi connectivity index (χ0) is 27.5. The van der Waals surface area contributed by atoms with Gasteiger partial charge in [-0.15, -0.1) is 0 Å². The first-order valence-corrected chi connectivity index (χ1v) is 13.5. The van der Waals surface area contributed by atoms with Gasteiger partial charge in [0.25, 0.3) is 5.91 Å². The molecule has 202 valence electrons. The summed E-state index contributed by atoms with van der Waals surface area (Å²) in [4.78, 5) is 20.0. The molecule has 1 saturated carbocycles. The Morgan fingerprint density at radius 2 is 1.67 bits per heavy atom.